The van der Waals surface area contributed by atoms with E-state index in [1.807, 2.05) is 0 Å². The molecule has 0 atom stereocenters. The molecule has 0 aromatic heterocycles. The van der Waals surface area contributed by atoms with Crippen molar-refractivity contribution in [2.75, 3.05) is 0 Å². The molecule has 53 valence electrons. The fourth-order valence-corrected chi connectivity index (χ4v) is 0.509. The smallest absolute Gasteiger partial charge is 0.293 e. The molecule has 0 N–H and O–H groups in total. The number of rotatable bonds is 5. The molecule has 0 fully saturated rings. The Hall–Kier alpha value is -0.530. The lowest BCUT2D eigenvalue weighted by Crippen LogP contribution is -1.89. The van der Waals surface area contributed by atoms with Crippen LogP contribution in [-0.4, -0.2) is 6.47 Å². The number of hydrogen-bond acceptors (Lipinski definition) is 2. The van der Waals surface area contributed by atoms with Crippen molar-refractivity contribution in [3.63, 3.8) is 0 Å². The summed E-state index contributed by atoms with van der Waals surface area (Å²) in [5.41, 5.74) is 0. The molecule has 9 heavy (non-hydrogen) atoms. The van der Waals surface area contributed by atoms with Crippen LogP contribution in [0.15, 0.2) is 0 Å². The van der Waals surface area contributed by atoms with Gasteiger partial charge < -0.3 is 4.74 Å². The van der Waals surface area contributed by atoms with Crippen molar-refractivity contribution in [2.45, 2.75) is 26.7 Å². The van der Waals surface area contributed by atoms with Crippen molar-refractivity contribution in [1.82, 2.24) is 0 Å². The molecule has 0 aromatic carbocycles. The maximum atomic E-state index is 9.60. The van der Waals surface area contributed by atoms with Crippen molar-refractivity contribution >= 4 is 6.47 Å². The molecule has 0 aliphatic heterocycles. The Balaban J connectivity index is 2.82. The van der Waals surface area contributed by atoms with E-state index in [0.717, 1.165) is 12.8 Å². The van der Waals surface area contributed by atoms with Gasteiger partial charge in [-0.3, -0.25) is 4.79 Å². The van der Waals surface area contributed by atoms with Gasteiger partial charge in [0.05, 0.1) is 0 Å². The molecule has 0 amide bonds. The third kappa shape index (κ3) is 7.47. The molecule has 0 unspecified atom stereocenters. The van der Waals surface area contributed by atoms with Crippen LogP contribution in [0.25, 0.3) is 0 Å². The van der Waals surface area contributed by atoms with Gasteiger partial charge in [-0.05, 0) is 18.8 Å². The molecular formula is C7H13O2. The highest BCUT2D eigenvalue weighted by molar-refractivity contribution is 5.37. The lowest BCUT2D eigenvalue weighted by molar-refractivity contribution is -0.125. The van der Waals surface area contributed by atoms with Crippen LogP contribution in [0.1, 0.15) is 26.7 Å². The predicted molar refractivity (Wildman–Crippen MR) is 35.5 cm³/mol. The topological polar surface area (TPSA) is 26.3 Å². The van der Waals surface area contributed by atoms with E-state index in [9.17, 15) is 4.79 Å². The summed E-state index contributed by atoms with van der Waals surface area (Å²) in [4.78, 5) is 9.60. The van der Waals surface area contributed by atoms with Crippen molar-refractivity contribution in [3.05, 3.63) is 6.61 Å². The third-order valence-electron chi connectivity index (χ3n) is 1.01. The zero-order chi connectivity index (χ0) is 7.11. The summed E-state index contributed by atoms with van der Waals surface area (Å²) in [5, 5.41) is 0. The first-order valence-corrected chi connectivity index (χ1v) is 3.18. The first kappa shape index (κ1) is 8.47. The molecule has 0 aromatic rings. The van der Waals surface area contributed by atoms with Gasteiger partial charge >= 0.3 is 0 Å². The summed E-state index contributed by atoms with van der Waals surface area (Å²) in [6.45, 7) is 6.25. The van der Waals surface area contributed by atoms with Gasteiger partial charge in [0.25, 0.3) is 6.47 Å². The molecule has 0 spiro atoms. The van der Waals surface area contributed by atoms with Crippen LogP contribution in [0.4, 0.5) is 0 Å². The minimum atomic E-state index is 0.445. The first-order chi connectivity index (χ1) is 4.27. The molecular weight excluding hydrogens is 116 g/mol. The van der Waals surface area contributed by atoms with Crippen molar-refractivity contribution in [2.24, 2.45) is 5.92 Å². The summed E-state index contributed by atoms with van der Waals surface area (Å²) in [5.74, 6) is 0.677. The standard InChI is InChI=1S/C7H13O2/c1-7(2)4-3-5-9-6-8/h5-7H,3-4H2,1-2H3. The van der Waals surface area contributed by atoms with Crippen LogP contribution in [0.5, 0.6) is 0 Å². The SMILES string of the molecule is CC(C)CC[CH]OC=O. The quantitative estimate of drug-likeness (QED) is 0.417. The lowest BCUT2D eigenvalue weighted by atomic mass is 10.1. The van der Waals surface area contributed by atoms with E-state index < -0.39 is 0 Å². The van der Waals surface area contributed by atoms with Gasteiger partial charge in [-0.15, -0.1) is 0 Å². The van der Waals surface area contributed by atoms with E-state index in [1.54, 1.807) is 0 Å². The van der Waals surface area contributed by atoms with E-state index >= 15 is 0 Å². The van der Waals surface area contributed by atoms with Crippen LogP contribution >= 0.6 is 0 Å². The molecule has 0 saturated carbocycles. The number of ether oxygens (including phenoxy) is 1. The van der Waals surface area contributed by atoms with Crippen LogP contribution < -0.4 is 0 Å². The van der Waals surface area contributed by atoms with Crippen LogP contribution in [0, 0.1) is 12.5 Å². The Morgan fingerprint density at radius 1 is 1.56 bits per heavy atom. The van der Waals surface area contributed by atoms with Crippen molar-refractivity contribution in [3.8, 4) is 0 Å². The normalized spacial score (nSPS) is 9.67. The Labute approximate surface area is 56.2 Å². The second kappa shape index (κ2) is 5.60. The Morgan fingerprint density at radius 2 is 2.22 bits per heavy atom. The molecule has 0 bridgehead atoms. The highest BCUT2D eigenvalue weighted by atomic mass is 16.5. The summed E-state index contributed by atoms with van der Waals surface area (Å²) in [6, 6.07) is 0. The predicted octanol–water partition coefficient (Wildman–Crippen LogP) is 1.76. The average Bonchev–Trinajstić information content (AvgIpc) is 1.80. The van der Waals surface area contributed by atoms with E-state index in [4.69, 9.17) is 0 Å². The van der Waals surface area contributed by atoms with Crippen LogP contribution in [-0.2, 0) is 9.53 Å². The third-order valence-corrected chi connectivity index (χ3v) is 1.01. The van der Waals surface area contributed by atoms with Gasteiger partial charge in [0.2, 0.25) is 0 Å². The van der Waals surface area contributed by atoms with E-state index in [0.29, 0.717) is 12.4 Å². The van der Waals surface area contributed by atoms with E-state index in [2.05, 4.69) is 18.6 Å². The van der Waals surface area contributed by atoms with E-state index in [1.165, 1.54) is 6.61 Å². The fourth-order valence-electron chi connectivity index (χ4n) is 0.509. The van der Waals surface area contributed by atoms with Gasteiger partial charge in [0, 0.05) is 0 Å². The van der Waals surface area contributed by atoms with Gasteiger partial charge in [-0.1, -0.05) is 13.8 Å². The van der Waals surface area contributed by atoms with Crippen molar-refractivity contribution in [1.29, 1.82) is 0 Å². The fraction of sp³-hybridized carbons (Fsp3) is 0.714. The van der Waals surface area contributed by atoms with Gasteiger partial charge in [-0.25, -0.2) is 0 Å². The Bertz CT molecular complexity index is 69.3. The summed E-state index contributed by atoms with van der Waals surface area (Å²) < 4.78 is 4.38. The second-order valence-corrected chi connectivity index (χ2v) is 2.37. The summed E-state index contributed by atoms with van der Waals surface area (Å²) >= 11 is 0. The molecule has 0 saturated heterocycles. The zero-order valence-corrected chi connectivity index (χ0v) is 5.96. The second-order valence-electron chi connectivity index (χ2n) is 2.37. The minimum Gasteiger partial charge on any atom is -0.461 e. The highest BCUT2D eigenvalue weighted by Crippen LogP contribution is 2.04. The van der Waals surface area contributed by atoms with Gasteiger partial charge in [0.1, 0.15) is 6.61 Å². The summed E-state index contributed by atoms with van der Waals surface area (Å²) in [6.07, 6.45) is 1.93. The largest absolute Gasteiger partial charge is 0.461 e. The Kier molecular flexibility index (Phi) is 5.27. The molecule has 0 rings (SSSR count). The minimum absolute atomic E-state index is 0.445. The van der Waals surface area contributed by atoms with Gasteiger partial charge in [0.15, 0.2) is 0 Å². The average molecular weight is 129 g/mol. The zero-order valence-electron chi connectivity index (χ0n) is 5.96. The number of hydrogen-bond donors (Lipinski definition) is 0. The molecule has 0 aliphatic rings. The molecule has 0 heterocycles. The Morgan fingerprint density at radius 3 is 2.67 bits per heavy atom. The monoisotopic (exact) mass is 129 g/mol. The number of carbonyl (C=O) groups is 1. The van der Waals surface area contributed by atoms with Crippen molar-refractivity contribution < 1.29 is 9.53 Å². The van der Waals surface area contributed by atoms with E-state index in [-0.39, 0.29) is 0 Å². The maximum absolute atomic E-state index is 9.60. The molecule has 2 heteroatoms. The highest BCUT2D eigenvalue weighted by Gasteiger charge is 1.92. The molecule has 1 radical (unpaired) electrons. The molecule has 0 aliphatic carbocycles. The lowest BCUT2D eigenvalue weighted by Gasteiger charge is -2.00. The van der Waals surface area contributed by atoms with Gasteiger partial charge in [-0.2, -0.15) is 0 Å². The summed E-state index contributed by atoms with van der Waals surface area (Å²) in [7, 11) is 0. The first-order valence-electron chi connectivity index (χ1n) is 3.18. The van der Waals surface area contributed by atoms with Crippen LogP contribution in [0.2, 0.25) is 0 Å². The molecule has 2 nitrogen and oxygen atoms in total. The number of carbonyl (C=O) groups excluding carboxylic acids is 1. The maximum Gasteiger partial charge on any atom is 0.293 e. The van der Waals surface area contributed by atoms with Crippen LogP contribution in [0.3, 0.4) is 0 Å².